The third-order valence-electron chi connectivity index (χ3n) is 5.76. The van der Waals surface area contributed by atoms with Gasteiger partial charge < -0.3 is 9.84 Å². The van der Waals surface area contributed by atoms with Crippen LogP contribution in [0.5, 0.6) is 5.75 Å². The molecule has 0 saturated carbocycles. The second-order valence-electron chi connectivity index (χ2n) is 9.80. The number of phenols is 1. The zero-order valence-corrected chi connectivity index (χ0v) is 21.6. The summed E-state index contributed by atoms with van der Waals surface area (Å²) in [6, 6.07) is 3.82. The molecule has 0 unspecified atom stereocenters. The highest BCUT2D eigenvalue weighted by Crippen LogP contribution is 2.36. The molecule has 0 amide bonds. The smallest absolute Gasteiger partial charge is 0.306 e. The SMILES string of the molecule is C=C/C=C\c1nn(-c2cc(CCC(=O)OCCCCCCCC)cc(C(C)(C)C)c2O)nc1C. The maximum absolute atomic E-state index is 12.3. The van der Waals surface area contributed by atoms with E-state index in [0.29, 0.717) is 30.8 Å². The molecule has 1 heterocycles. The van der Waals surface area contributed by atoms with E-state index in [-0.39, 0.29) is 17.1 Å². The van der Waals surface area contributed by atoms with Gasteiger partial charge in [0.1, 0.15) is 17.1 Å². The first-order chi connectivity index (χ1) is 16.2. The Kier molecular flexibility index (Phi) is 10.6. The topological polar surface area (TPSA) is 77.2 Å². The molecule has 2 aromatic rings. The highest BCUT2D eigenvalue weighted by molar-refractivity contribution is 5.70. The van der Waals surface area contributed by atoms with E-state index in [4.69, 9.17) is 4.74 Å². The molecule has 6 nitrogen and oxygen atoms in total. The molecule has 0 radical (unpaired) electrons. The van der Waals surface area contributed by atoms with Crippen molar-refractivity contribution in [3.63, 3.8) is 0 Å². The molecule has 6 heteroatoms. The van der Waals surface area contributed by atoms with E-state index in [1.54, 1.807) is 12.2 Å². The lowest BCUT2D eigenvalue weighted by atomic mass is 9.84. The number of aromatic hydroxyl groups is 1. The Hall–Kier alpha value is -2.89. The summed E-state index contributed by atoms with van der Waals surface area (Å²) in [5, 5.41) is 20.1. The highest BCUT2D eigenvalue weighted by atomic mass is 16.5. The number of esters is 1. The van der Waals surface area contributed by atoms with Crippen molar-refractivity contribution in [3.8, 4) is 11.4 Å². The van der Waals surface area contributed by atoms with E-state index in [2.05, 4.69) is 23.7 Å². The van der Waals surface area contributed by atoms with Crippen LogP contribution in [0.15, 0.2) is 30.9 Å². The van der Waals surface area contributed by atoms with Crippen molar-refractivity contribution in [2.75, 3.05) is 6.61 Å². The van der Waals surface area contributed by atoms with Gasteiger partial charge >= 0.3 is 5.97 Å². The summed E-state index contributed by atoms with van der Waals surface area (Å²) < 4.78 is 5.43. The number of phenolic OH excluding ortho intramolecular Hbond substituents is 1. The fourth-order valence-corrected chi connectivity index (χ4v) is 3.74. The summed E-state index contributed by atoms with van der Waals surface area (Å²) >= 11 is 0. The van der Waals surface area contributed by atoms with E-state index in [9.17, 15) is 9.90 Å². The van der Waals surface area contributed by atoms with Crippen LogP contribution in [-0.4, -0.2) is 32.7 Å². The minimum absolute atomic E-state index is 0.149. The zero-order chi connectivity index (χ0) is 25.1. The molecule has 0 atom stereocenters. The molecule has 0 spiro atoms. The molecule has 0 fully saturated rings. The average Bonchev–Trinajstić information content (AvgIpc) is 3.15. The molecule has 2 rings (SSSR count). The number of aryl methyl sites for hydroxylation is 2. The van der Waals surface area contributed by atoms with Crippen LogP contribution in [0.25, 0.3) is 11.8 Å². The molecule has 34 heavy (non-hydrogen) atoms. The van der Waals surface area contributed by atoms with Crippen LogP contribution in [0.1, 0.15) is 95.2 Å². The van der Waals surface area contributed by atoms with Crippen LogP contribution >= 0.6 is 0 Å². The van der Waals surface area contributed by atoms with E-state index in [1.165, 1.54) is 30.5 Å². The predicted octanol–water partition coefficient (Wildman–Crippen LogP) is 6.61. The lowest BCUT2D eigenvalue weighted by Crippen LogP contribution is -2.14. The predicted molar refractivity (Wildman–Crippen MR) is 138 cm³/mol. The lowest BCUT2D eigenvalue weighted by molar-refractivity contribution is -0.143. The summed E-state index contributed by atoms with van der Waals surface area (Å²) in [4.78, 5) is 13.7. The van der Waals surface area contributed by atoms with Crippen molar-refractivity contribution in [1.29, 1.82) is 0 Å². The molecule has 186 valence electrons. The van der Waals surface area contributed by atoms with Crippen LogP contribution in [0.3, 0.4) is 0 Å². The van der Waals surface area contributed by atoms with Gasteiger partial charge in [0.05, 0.1) is 12.3 Å². The fraction of sp³-hybridized carbons (Fsp3) is 0.536. The van der Waals surface area contributed by atoms with Crippen LogP contribution in [0, 0.1) is 6.92 Å². The third kappa shape index (κ3) is 8.15. The van der Waals surface area contributed by atoms with Gasteiger partial charge in [0.15, 0.2) is 0 Å². The quantitative estimate of drug-likeness (QED) is 0.204. The number of rotatable bonds is 13. The Morgan fingerprint density at radius 2 is 1.85 bits per heavy atom. The van der Waals surface area contributed by atoms with Gasteiger partial charge in [-0.1, -0.05) is 84.6 Å². The normalized spacial score (nSPS) is 11.8. The van der Waals surface area contributed by atoms with Gasteiger partial charge in [-0.2, -0.15) is 5.10 Å². The molecule has 0 aliphatic carbocycles. The highest BCUT2D eigenvalue weighted by Gasteiger charge is 2.23. The van der Waals surface area contributed by atoms with Gasteiger partial charge in [0.25, 0.3) is 0 Å². The number of allylic oxidation sites excluding steroid dienone is 2. The molecule has 1 N–H and O–H groups in total. The molecular formula is C28H41N3O3. The first kappa shape index (κ1) is 27.4. The number of ether oxygens (including phenoxy) is 1. The van der Waals surface area contributed by atoms with Gasteiger partial charge in [0, 0.05) is 12.0 Å². The summed E-state index contributed by atoms with van der Waals surface area (Å²) in [5.74, 6) is -0.0402. The third-order valence-corrected chi connectivity index (χ3v) is 5.76. The maximum Gasteiger partial charge on any atom is 0.306 e. The Labute approximate surface area is 204 Å². The molecule has 1 aromatic carbocycles. The van der Waals surface area contributed by atoms with Crippen LogP contribution < -0.4 is 0 Å². The number of hydrogen-bond donors (Lipinski definition) is 1. The van der Waals surface area contributed by atoms with E-state index < -0.39 is 0 Å². The number of hydrogen-bond acceptors (Lipinski definition) is 5. The Balaban J connectivity index is 2.12. The maximum atomic E-state index is 12.3. The largest absolute Gasteiger partial charge is 0.505 e. The number of carbonyl (C=O) groups is 1. The van der Waals surface area contributed by atoms with Crippen molar-refractivity contribution in [2.24, 2.45) is 0 Å². The Morgan fingerprint density at radius 1 is 1.15 bits per heavy atom. The van der Waals surface area contributed by atoms with Gasteiger partial charge in [-0.3, -0.25) is 4.79 Å². The van der Waals surface area contributed by atoms with Gasteiger partial charge in [0.2, 0.25) is 0 Å². The summed E-state index contributed by atoms with van der Waals surface area (Å²) in [6.07, 6.45) is 13.1. The summed E-state index contributed by atoms with van der Waals surface area (Å²) in [6.45, 7) is 14.4. The number of aromatic nitrogens is 3. The van der Waals surface area contributed by atoms with E-state index in [0.717, 1.165) is 29.7 Å². The second kappa shape index (κ2) is 13.1. The summed E-state index contributed by atoms with van der Waals surface area (Å²) in [7, 11) is 0. The molecule has 1 aromatic heterocycles. The second-order valence-corrected chi connectivity index (χ2v) is 9.80. The zero-order valence-electron chi connectivity index (χ0n) is 21.6. The minimum atomic E-state index is -0.291. The standard InChI is InChI=1S/C28H41N3O3/c1-7-9-11-12-13-14-18-34-26(32)17-16-22-19-23(28(4,5)6)27(33)25(20-22)31-29-21(3)24(30-31)15-10-8-2/h8,10,15,19-20,33H,2,7,9,11-14,16-18H2,1,3-6H3/b15-10-. The number of unbranched alkanes of at least 4 members (excludes halogenated alkanes) is 5. The van der Waals surface area contributed by atoms with Crippen molar-refractivity contribution in [3.05, 3.63) is 53.4 Å². The van der Waals surface area contributed by atoms with Crippen molar-refractivity contribution < 1.29 is 14.6 Å². The first-order valence-electron chi connectivity index (χ1n) is 12.4. The minimum Gasteiger partial charge on any atom is -0.505 e. The van der Waals surface area contributed by atoms with Crippen LogP contribution in [0.2, 0.25) is 0 Å². The van der Waals surface area contributed by atoms with E-state index >= 15 is 0 Å². The van der Waals surface area contributed by atoms with Crippen LogP contribution in [-0.2, 0) is 21.4 Å². The fourth-order valence-electron chi connectivity index (χ4n) is 3.74. The Morgan fingerprint density at radius 3 is 2.53 bits per heavy atom. The number of benzene rings is 1. The molecule has 0 saturated heterocycles. The molecule has 0 aliphatic heterocycles. The van der Waals surface area contributed by atoms with Crippen LogP contribution in [0.4, 0.5) is 0 Å². The average molecular weight is 468 g/mol. The van der Waals surface area contributed by atoms with Crippen molar-refractivity contribution >= 4 is 12.0 Å². The Bertz CT molecular complexity index is 984. The van der Waals surface area contributed by atoms with Crippen molar-refractivity contribution in [1.82, 2.24) is 15.0 Å². The van der Waals surface area contributed by atoms with Gasteiger partial charge in [-0.15, -0.1) is 9.90 Å². The summed E-state index contributed by atoms with van der Waals surface area (Å²) in [5.41, 5.74) is 3.40. The number of nitrogens with zero attached hydrogens (tertiary/aromatic N) is 3. The van der Waals surface area contributed by atoms with Gasteiger partial charge in [-0.25, -0.2) is 0 Å². The van der Waals surface area contributed by atoms with Crippen molar-refractivity contribution in [2.45, 2.75) is 91.4 Å². The monoisotopic (exact) mass is 467 g/mol. The molecule has 0 bridgehead atoms. The number of carbonyl (C=O) groups excluding carboxylic acids is 1. The van der Waals surface area contributed by atoms with E-state index in [1.807, 2.05) is 45.9 Å². The van der Waals surface area contributed by atoms with Gasteiger partial charge in [-0.05, 0) is 42.9 Å². The molecule has 0 aliphatic rings. The molecular weight excluding hydrogens is 426 g/mol. The lowest BCUT2D eigenvalue weighted by Gasteiger charge is -2.23. The first-order valence-corrected chi connectivity index (χ1v) is 12.4.